The number of aromatic nitrogens is 4. The topological polar surface area (TPSA) is 441 Å². The number of carbonyl (C=O) groups excluding carboxylic acids is 7. The number of carbonyl (C=O) groups is 8. The summed E-state index contributed by atoms with van der Waals surface area (Å²) in [4.78, 5) is 125. The SMILES string of the molecule is C=C[C@@H]1C[C@]1(NC(=O)[C@@H]1C[C@@H](Oc2nc3ccccc3nc2-c2cccs2)CN1)C(=O)NS(=O)(=O)C1CC1.C=C[C@@H]1C[C@]1(NC(=O)[C@@H]1C[C@@H](Oc2nc3ccccc3nc2-c2cccs2)CN1C(=O)[C@@H](NC(=O)OC(C)(C)C)C(C)(C)O)C(=O)NS(=O)(=O)C1CC1.CC(C)(C)OC(=O)NC(C(=O)O)C(C)(C)O. The molecule has 31 nitrogen and oxygen atoms in total. The van der Waals surface area contributed by atoms with E-state index in [0.29, 0.717) is 78.9 Å². The van der Waals surface area contributed by atoms with E-state index in [1.807, 2.05) is 77.5 Å². The summed E-state index contributed by atoms with van der Waals surface area (Å²) in [5.41, 5.74) is -4.17. The molecule has 2 saturated heterocycles. The molecule has 6 aromatic rings. The van der Waals surface area contributed by atoms with Crippen LogP contribution in [0.2, 0.25) is 0 Å². The van der Waals surface area contributed by atoms with Gasteiger partial charge in [-0.3, -0.25) is 33.4 Å². The fourth-order valence-electron chi connectivity index (χ4n) is 12.1. The Labute approximate surface area is 626 Å². The van der Waals surface area contributed by atoms with E-state index in [9.17, 15) is 65.4 Å². The molecule has 6 heterocycles. The minimum atomic E-state index is -3.94. The fourth-order valence-corrected chi connectivity index (χ4v) is 16.2. The van der Waals surface area contributed by atoms with Crippen molar-refractivity contribution in [3.05, 3.63) is 109 Å². The van der Waals surface area contributed by atoms with Gasteiger partial charge >= 0.3 is 18.2 Å². The quantitative estimate of drug-likeness (QED) is 0.0315. The molecular formula is C72H90N12O19S4. The average Bonchev–Trinajstić information content (AvgIpc) is 1.58. The van der Waals surface area contributed by atoms with Crippen molar-refractivity contribution < 1.29 is 89.5 Å². The van der Waals surface area contributed by atoms with Crippen LogP contribution in [0.1, 0.15) is 121 Å². The highest BCUT2D eigenvalue weighted by molar-refractivity contribution is 7.91. The molecule has 10 N–H and O–H groups in total. The lowest BCUT2D eigenvalue weighted by molar-refractivity contribution is -0.146. The Balaban J connectivity index is 0.000000196. The first-order valence-corrected chi connectivity index (χ1v) is 39.5. The zero-order chi connectivity index (χ0) is 78.1. The third kappa shape index (κ3) is 19.7. The first-order valence-electron chi connectivity index (χ1n) is 34.7. The maximum atomic E-state index is 14.4. The number of benzene rings is 2. The van der Waals surface area contributed by atoms with Gasteiger partial charge in [0.25, 0.3) is 11.8 Å². The van der Waals surface area contributed by atoms with Crippen LogP contribution in [0.5, 0.6) is 11.8 Å². The number of amides is 7. The molecule has 4 saturated carbocycles. The van der Waals surface area contributed by atoms with Gasteiger partial charge in [-0.05, 0) is 155 Å². The molecule has 10 atom stereocenters. The number of carboxylic acids is 1. The van der Waals surface area contributed by atoms with Gasteiger partial charge in [0, 0.05) is 31.2 Å². The van der Waals surface area contributed by atoms with Gasteiger partial charge in [-0.2, -0.15) is 0 Å². The van der Waals surface area contributed by atoms with Crippen molar-refractivity contribution in [3.8, 4) is 32.9 Å². The zero-order valence-corrected chi connectivity index (χ0v) is 64.0. The number of nitrogens with zero attached hydrogens (tertiary/aromatic N) is 5. The number of rotatable bonds is 24. The monoisotopic (exact) mass is 1550 g/mol. The number of sulfonamides is 2. The van der Waals surface area contributed by atoms with Crippen LogP contribution in [-0.2, 0) is 58.3 Å². The van der Waals surface area contributed by atoms with E-state index in [1.54, 1.807) is 53.7 Å². The lowest BCUT2D eigenvalue weighted by Gasteiger charge is -2.35. The summed E-state index contributed by atoms with van der Waals surface area (Å²) in [7, 11) is -7.67. The standard InChI is InChI=1S/C36H44N6O9S2.C26H27N5O5S2.C10H19NO5/c1-7-20-18-36(20,32(45)41-53(48,49)22-14-15-22)40-29(43)25-17-21(19-42(25)31(44)28(35(5,6)47)39-33(46)51-34(2,3)4)50-30-27(26-13-10-16-52-26)37-23-11-8-9-12-24(23)38-30;1-2-15-13-26(15,25(33)31-38(34,35)17-9-10-17)30-23(32)20-12-16(14-27-20)36-24-22(21-8-5-11-37-21)28-18-6-3-4-7-19(18)29-24;1-9(2,3)16-8(14)11-6(7(12)13)10(4,5)15/h7-13,16,20-22,25,28,47H,1,14-15,17-19H2,2-6H3,(H,39,46)(H,40,43)(H,41,45);2-8,11,15-17,20,27H,1,9-10,12-14H2,(H,30,32)(H,31,33);6,15H,1-5H3,(H,11,14)(H,12,13)/t20-,21-,25+,28-,36-;15-,16-,20+,26-;/m11./s1. The molecule has 0 radical (unpaired) electrons. The number of aliphatic carboxylic acids is 1. The van der Waals surface area contributed by atoms with E-state index in [-0.39, 0.29) is 43.2 Å². The van der Waals surface area contributed by atoms with Crippen molar-refractivity contribution >= 4 is 112 Å². The number of hydrogen-bond acceptors (Lipinski definition) is 25. The molecule has 2 aliphatic heterocycles. The van der Waals surface area contributed by atoms with E-state index in [1.165, 1.54) is 61.3 Å². The minimum absolute atomic E-state index is 0.0855. The van der Waals surface area contributed by atoms with E-state index in [0.717, 1.165) is 15.3 Å². The molecule has 4 aliphatic carbocycles. The second kappa shape index (κ2) is 31.1. The molecule has 4 aromatic heterocycles. The van der Waals surface area contributed by atoms with Crippen LogP contribution < -0.4 is 45.5 Å². The highest BCUT2D eigenvalue weighted by Crippen LogP contribution is 2.47. The fraction of sp³-hybridized carbons (Fsp3) is 0.500. The maximum absolute atomic E-state index is 14.4. The summed E-state index contributed by atoms with van der Waals surface area (Å²) in [6.45, 7) is 22.9. The van der Waals surface area contributed by atoms with E-state index in [2.05, 4.69) is 49.2 Å². The summed E-state index contributed by atoms with van der Waals surface area (Å²) in [5.74, 6) is -5.22. The molecule has 1 unspecified atom stereocenters. The number of likely N-dealkylation sites (tertiary alicyclic amines) is 1. The number of thiophene rings is 2. The Hall–Kier alpha value is -9.26. The Morgan fingerprint density at radius 3 is 1.37 bits per heavy atom. The van der Waals surface area contributed by atoms with Crippen molar-refractivity contribution in [2.45, 2.75) is 201 Å². The summed E-state index contributed by atoms with van der Waals surface area (Å²) < 4.78 is 77.3. The van der Waals surface area contributed by atoms with Crippen LogP contribution in [0, 0.1) is 11.8 Å². The lowest BCUT2D eigenvalue weighted by atomic mass is 9.97. The lowest BCUT2D eigenvalue weighted by Crippen LogP contribution is -2.62. The highest BCUT2D eigenvalue weighted by atomic mass is 32.2. The molecule has 7 amide bonds. The molecule has 2 aromatic carbocycles. The van der Waals surface area contributed by atoms with Crippen molar-refractivity contribution in [2.75, 3.05) is 13.1 Å². The number of aliphatic hydroxyl groups is 2. The van der Waals surface area contributed by atoms with Crippen molar-refractivity contribution in [1.82, 2.24) is 60.9 Å². The molecule has 0 bridgehead atoms. The van der Waals surface area contributed by atoms with Gasteiger partial charge < -0.3 is 65.8 Å². The van der Waals surface area contributed by atoms with Crippen LogP contribution in [0.3, 0.4) is 0 Å². The molecule has 35 heteroatoms. The summed E-state index contributed by atoms with van der Waals surface area (Å²) in [5, 5.41) is 45.4. The van der Waals surface area contributed by atoms with Gasteiger partial charge in [0.2, 0.25) is 49.5 Å². The summed E-state index contributed by atoms with van der Waals surface area (Å²) in [6.07, 6.45) is 2.61. The van der Waals surface area contributed by atoms with Crippen LogP contribution in [0.15, 0.2) is 109 Å². The van der Waals surface area contributed by atoms with Crippen molar-refractivity contribution in [2.24, 2.45) is 11.8 Å². The highest BCUT2D eigenvalue weighted by Gasteiger charge is 2.63. The van der Waals surface area contributed by atoms with Crippen LogP contribution in [0.4, 0.5) is 9.59 Å². The number of fused-ring (bicyclic) bond motifs is 2. The Bertz CT molecular complexity index is 4630. The van der Waals surface area contributed by atoms with Gasteiger partial charge in [-0.15, -0.1) is 35.8 Å². The first kappa shape index (κ1) is 80.3. The van der Waals surface area contributed by atoms with E-state index < -0.39 is 142 Å². The second-order valence-electron chi connectivity index (χ2n) is 30.3. The Kier molecular flexibility index (Phi) is 23.4. The molecule has 107 heavy (non-hydrogen) atoms. The summed E-state index contributed by atoms with van der Waals surface area (Å²) >= 11 is 2.97. The summed E-state index contributed by atoms with van der Waals surface area (Å²) in [6, 6.07) is 17.6. The predicted molar refractivity (Wildman–Crippen MR) is 396 cm³/mol. The average molecular weight is 1560 g/mol. The van der Waals surface area contributed by atoms with Gasteiger partial charge in [-0.25, -0.2) is 51.2 Å². The minimum Gasteiger partial charge on any atom is -0.480 e. The molecule has 6 aliphatic rings. The van der Waals surface area contributed by atoms with Crippen molar-refractivity contribution in [3.63, 3.8) is 0 Å². The zero-order valence-electron chi connectivity index (χ0n) is 60.7. The largest absolute Gasteiger partial charge is 0.480 e. The first-order chi connectivity index (χ1) is 50.0. The van der Waals surface area contributed by atoms with Gasteiger partial charge in [0.05, 0.1) is 66.1 Å². The molecule has 12 rings (SSSR count). The second-order valence-corrected chi connectivity index (χ2v) is 36.1. The van der Waals surface area contributed by atoms with Gasteiger partial charge in [0.15, 0.2) is 6.04 Å². The van der Waals surface area contributed by atoms with Crippen LogP contribution in [-0.4, -0.2) is 198 Å². The predicted octanol–water partition coefficient (Wildman–Crippen LogP) is 5.91. The van der Waals surface area contributed by atoms with Crippen LogP contribution >= 0.6 is 22.7 Å². The Morgan fingerprint density at radius 2 is 1.00 bits per heavy atom. The van der Waals surface area contributed by atoms with Crippen LogP contribution in [0.25, 0.3) is 43.2 Å². The smallest absolute Gasteiger partial charge is 0.408 e. The number of alkyl carbamates (subject to hydrolysis) is 2. The number of hydrogen-bond donors (Lipinski definition) is 10. The maximum Gasteiger partial charge on any atom is 0.408 e. The molecule has 576 valence electrons. The third-order valence-electron chi connectivity index (χ3n) is 18.1. The molecular weight excluding hydrogens is 1470 g/mol. The molecule has 6 fully saturated rings. The van der Waals surface area contributed by atoms with Crippen molar-refractivity contribution in [1.29, 1.82) is 0 Å². The molecule has 0 spiro atoms. The van der Waals surface area contributed by atoms with Gasteiger partial charge in [-0.1, -0.05) is 48.6 Å². The third-order valence-corrected chi connectivity index (χ3v) is 23.5. The normalized spacial score (nSPS) is 23.2. The van der Waals surface area contributed by atoms with E-state index >= 15 is 0 Å². The number of para-hydroxylation sites is 4. The Morgan fingerprint density at radius 1 is 0.589 bits per heavy atom. The number of ether oxygens (including phenoxy) is 4. The number of carboxylic acid groups (broad SMARTS) is 1. The van der Waals surface area contributed by atoms with E-state index in [4.69, 9.17) is 44.0 Å². The van der Waals surface area contributed by atoms with Gasteiger partial charge in [0.1, 0.15) is 58.0 Å². The number of nitrogens with one attached hydrogen (secondary N) is 7.